The van der Waals surface area contributed by atoms with Crippen LogP contribution in [0.15, 0.2) is 24.3 Å². The highest BCUT2D eigenvalue weighted by Crippen LogP contribution is 2.15. The highest BCUT2D eigenvalue weighted by molar-refractivity contribution is 6.34. The first-order valence-corrected chi connectivity index (χ1v) is 5.99. The first-order valence-electron chi connectivity index (χ1n) is 5.61. The summed E-state index contributed by atoms with van der Waals surface area (Å²) < 4.78 is 0. The van der Waals surface area contributed by atoms with Crippen LogP contribution < -0.4 is 0 Å². The number of benzene rings is 1. The molecule has 0 aliphatic rings. The first kappa shape index (κ1) is 14.2. The van der Waals surface area contributed by atoms with Gasteiger partial charge in [-0.2, -0.15) is 0 Å². The second-order valence-corrected chi connectivity index (χ2v) is 4.85. The van der Waals surface area contributed by atoms with Crippen molar-refractivity contribution < 1.29 is 4.79 Å². The molecule has 0 bridgehead atoms. The van der Waals surface area contributed by atoms with Crippen LogP contribution in [-0.2, 0) is 0 Å². The predicted molar refractivity (Wildman–Crippen MR) is 71.8 cm³/mol. The van der Waals surface area contributed by atoms with Gasteiger partial charge in [0.15, 0.2) is 5.78 Å². The molecular weight excluding hydrogens is 236 g/mol. The fraction of sp³-hybridized carbons (Fsp3) is 0.462. The molecular formula is C13H19ClN2O. The maximum atomic E-state index is 12.0. The lowest BCUT2D eigenvalue weighted by molar-refractivity contribution is 0.0943. The number of likely N-dealkylation sites (N-methyl/N-ethyl adjacent to an activating group) is 2. The molecule has 4 heteroatoms. The van der Waals surface area contributed by atoms with Crippen LogP contribution in [0.25, 0.3) is 0 Å². The minimum absolute atomic E-state index is 0.0665. The van der Waals surface area contributed by atoms with E-state index >= 15 is 0 Å². The molecule has 0 atom stereocenters. The maximum absolute atomic E-state index is 12.0. The molecule has 0 N–H and O–H groups in total. The van der Waals surface area contributed by atoms with Gasteiger partial charge in [-0.3, -0.25) is 9.69 Å². The third-order valence-electron chi connectivity index (χ3n) is 2.52. The molecule has 1 aromatic rings. The summed E-state index contributed by atoms with van der Waals surface area (Å²) in [5, 5.41) is 0.526. The minimum Gasteiger partial charge on any atom is -0.308 e. The summed E-state index contributed by atoms with van der Waals surface area (Å²) in [6.45, 7) is 2.20. The Kier molecular flexibility index (Phi) is 5.62. The van der Waals surface area contributed by atoms with Gasteiger partial charge in [-0.25, -0.2) is 0 Å². The standard InChI is InChI=1S/C13H19ClN2O/c1-15(2)8-9-16(3)10-13(17)11-6-4-5-7-12(11)14/h4-7H,8-10H2,1-3H3. The van der Waals surface area contributed by atoms with Gasteiger partial charge in [-0.1, -0.05) is 23.7 Å². The molecule has 0 unspecified atom stereocenters. The quantitative estimate of drug-likeness (QED) is 0.726. The van der Waals surface area contributed by atoms with Crippen molar-refractivity contribution in [3.8, 4) is 0 Å². The summed E-state index contributed by atoms with van der Waals surface area (Å²) >= 11 is 5.98. The van der Waals surface area contributed by atoms with Crippen molar-refractivity contribution in [3.05, 3.63) is 34.9 Å². The number of Topliss-reactive ketones (excluding diaryl/α,β-unsaturated/α-hetero) is 1. The first-order chi connectivity index (χ1) is 8.00. The fourth-order valence-electron chi connectivity index (χ4n) is 1.47. The van der Waals surface area contributed by atoms with Gasteiger partial charge in [0, 0.05) is 18.7 Å². The van der Waals surface area contributed by atoms with Gasteiger partial charge in [0.05, 0.1) is 11.6 Å². The zero-order valence-corrected chi connectivity index (χ0v) is 11.4. The number of nitrogens with zero attached hydrogens (tertiary/aromatic N) is 2. The molecule has 1 aromatic carbocycles. The Labute approximate surface area is 108 Å². The number of rotatable bonds is 6. The predicted octanol–water partition coefficient (Wildman–Crippen LogP) is 2.02. The SMILES string of the molecule is CN(C)CCN(C)CC(=O)c1ccccc1Cl. The molecule has 0 aliphatic heterocycles. The number of carbonyl (C=O) groups is 1. The Hall–Kier alpha value is -0.900. The van der Waals surface area contributed by atoms with Gasteiger partial charge in [0.25, 0.3) is 0 Å². The molecule has 0 saturated heterocycles. The van der Waals surface area contributed by atoms with E-state index < -0.39 is 0 Å². The summed E-state index contributed by atoms with van der Waals surface area (Å²) in [6.07, 6.45) is 0. The maximum Gasteiger partial charge on any atom is 0.178 e. The van der Waals surface area contributed by atoms with E-state index in [1.54, 1.807) is 12.1 Å². The third kappa shape index (κ3) is 4.86. The number of ketones is 1. The largest absolute Gasteiger partial charge is 0.308 e. The lowest BCUT2D eigenvalue weighted by Crippen LogP contribution is -2.32. The molecule has 0 radical (unpaired) electrons. The Morgan fingerprint density at radius 3 is 2.41 bits per heavy atom. The van der Waals surface area contributed by atoms with E-state index in [9.17, 15) is 4.79 Å². The van der Waals surface area contributed by atoms with Gasteiger partial charge >= 0.3 is 0 Å². The van der Waals surface area contributed by atoms with Crippen LogP contribution >= 0.6 is 11.6 Å². The van der Waals surface area contributed by atoms with Crippen molar-refractivity contribution in [2.24, 2.45) is 0 Å². The Morgan fingerprint density at radius 2 is 1.82 bits per heavy atom. The molecule has 17 heavy (non-hydrogen) atoms. The summed E-state index contributed by atoms with van der Waals surface area (Å²) in [4.78, 5) is 16.1. The Morgan fingerprint density at radius 1 is 1.18 bits per heavy atom. The van der Waals surface area contributed by atoms with Crippen LogP contribution in [0.5, 0.6) is 0 Å². The molecule has 0 saturated carbocycles. The molecule has 0 fully saturated rings. The second-order valence-electron chi connectivity index (χ2n) is 4.44. The highest BCUT2D eigenvalue weighted by Gasteiger charge is 2.12. The van der Waals surface area contributed by atoms with Crippen molar-refractivity contribution in [1.82, 2.24) is 9.80 Å². The highest BCUT2D eigenvalue weighted by atomic mass is 35.5. The van der Waals surface area contributed by atoms with E-state index in [-0.39, 0.29) is 5.78 Å². The minimum atomic E-state index is 0.0665. The average molecular weight is 255 g/mol. The summed E-state index contributed by atoms with van der Waals surface area (Å²) in [6, 6.07) is 7.17. The number of hydrogen-bond acceptors (Lipinski definition) is 3. The van der Waals surface area contributed by atoms with Crippen LogP contribution in [-0.4, -0.2) is 56.4 Å². The van der Waals surface area contributed by atoms with Crippen LogP contribution in [0.1, 0.15) is 10.4 Å². The Bertz CT molecular complexity index is 379. The van der Waals surface area contributed by atoms with Crippen LogP contribution in [0, 0.1) is 0 Å². The van der Waals surface area contributed by atoms with Crippen LogP contribution in [0.2, 0.25) is 5.02 Å². The molecule has 0 aromatic heterocycles. The van der Waals surface area contributed by atoms with E-state index in [4.69, 9.17) is 11.6 Å². The zero-order valence-electron chi connectivity index (χ0n) is 10.6. The molecule has 0 spiro atoms. The topological polar surface area (TPSA) is 23.6 Å². The van der Waals surface area contributed by atoms with Crippen LogP contribution in [0.4, 0.5) is 0 Å². The average Bonchev–Trinajstić information content (AvgIpc) is 2.26. The monoisotopic (exact) mass is 254 g/mol. The van der Waals surface area contributed by atoms with Crippen molar-refractivity contribution in [2.75, 3.05) is 40.8 Å². The number of halogens is 1. The van der Waals surface area contributed by atoms with E-state index in [1.807, 2.05) is 38.2 Å². The molecule has 1 rings (SSSR count). The molecule has 3 nitrogen and oxygen atoms in total. The lowest BCUT2D eigenvalue weighted by Gasteiger charge is -2.18. The van der Waals surface area contributed by atoms with Crippen LogP contribution in [0.3, 0.4) is 0 Å². The second kappa shape index (κ2) is 6.74. The fourth-order valence-corrected chi connectivity index (χ4v) is 1.71. The van der Waals surface area contributed by atoms with E-state index in [0.29, 0.717) is 17.1 Å². The Balaban J connectivity index is 2.52. The molecule has 0 aliphatic carbocycles. The normalized spacial score (nSPS) is 11.2. The van der Waals surface area contributed by atoms with Crippen molar-refractivity contribution in [2.45, 2.75) is 0 Å². The lowest BCUT2D eigenvalue weighted by atomic mass is 10.1. The van der Waals surface area contributed by atoms with Gasteiger partial charge in [-0.05, 0) is 33.3 Å². The molecule has 0 heterocycles. The van der Waals surface area contributed by atoms with Gasteiger partial charge in [0.2, 0.25) is 0 Å². The summed E-state index contributed by atoms with van der Waals surface area (Å²) in [5.41, 5.74) is 0.603. The molecule has 94 valence electrons. The van der Waals surface area contributed by atoms with Gasteiger partial charge in [-0.15, -0.1) is 0 Å². The van der Waals surface area contributed by atoms with Crippen molar-refractivity contribution in [1.29, 1.82) is 0 Å². The smallest absolute Gasteiger partial charge is 0.178 e. The summed E-state index contributed by atoms with van der Waals surface area (Å²) in [7, 11) is 5.98. The van der Waals surface area contributed by atoms with Crippen molar-refractivity contribution in [3.63, 3.8) is 0 Å². The number of hydrogen-bond donors (Lipinski definition) is 0. The summed E-state index contributed by atoms with van der Waals surface area (Å²) in [5.74, 6) is 0.0665. The van der Waals surface area contributed by atoms with E-state index in [1.165, 1.54) is 0 Å². The number of carbonyl (C=O) groups excluding carboxylic acids is 1. The zero-order chi connectivity index (χ0) is 12.8. The third-order valence-corrected chi connectivity index (χ3v) is 2.85. The van der Waals surface area contributed by atoms with Gasteiger partial charge < -0.3 is 4.90 Å². The molecule has 0 amide bonds. The van der Waals surface area contributed by atoms with Gasteiger partial charge in [0.1, 0.15) is 0 Å². The van der Waals surface area contributed by atoms with E-state index in [0.717, 1.165) is 13.1 Å². The van der Waals surface area contributed by atoms with E-state index in [2.05, 4.69) is 4.90 Å². The van der Waals surface area contributed by atoms with Crippen molar-refractivity contribution >= 4 is 17.4 Å².